The van der Waals surface area contributed by atoms with Crippen molar-refractivity contribution < 1.29 is 31.5 Å². The number of benzene rings is 2. The van der Waals surface area contributed by atoms with Crippen molar-refractivity contribution in [2.75, 3.05) is 5.32 Å². The molecule has 0 unspecified atom stereocenters. The largest absolute Gasteiger partial charge is 0.507 e. The molecule has 0 aliphatic rings. The molecule has 0 aromatic heterocycles. The third-order valence-corrected chi connectivity index (χ3v) is 5.82. The van der Waals surface area contributed by atoms with E-state index in [0.717, 1.165) is 0 Å². The van der Waals surface area contributed by atoms with Crippen LogP contribution in [0.25, 0.3) is 0 Å². The monoisotopic (exact) mass is 472 g/mol. The van der Waals surface area contributed by atoms with Gasteiger partial charge in [-0.3, -0.25) is 4.79 Å². The van der Waals surface area contributed by atoms with E-state index in [-0.39, 0.29) is 11.3 Å². The van der Waals surface area contributed by atoms with Crippen LogP contribution in [0.3, 0.4) is 0 Å². The van der Waals surface area contributed by atoms with Gasteiger partial charge in [0.25, 0.3) is 5.91 Å². The lowest BCUT2D eigenvalue weighted by Crippen LogP contribution is -2.22. The van der Waals surface area contributed by atoms with Crippen LogP contribution in [-0.4, -0.2) is 19.4 Å². The van der Waals surface area contributed by atoms with Crippen LogP contribution >= 0.6 is 0 Å². The summed E-state index contributed by atoms with van der Waals surface area (Å²) < 4.78 is 63.2. The van der Waals surface area contributed by atoms with Crippen molar-refractivity contribution in [2.24, 2.45) is 5.14 Å². The molecular formula is C22H27F3N2O4S. The Balaban J connectivity index is 2.67. The lowest BCUT2D eigenvalue weighted by Gasteiger charge is -2.28. The molecule has 2 aromatic carbocycles. The standard InChI is InChI=1S/C22H27F3N2O4S/c1-20(2,3)14-9-12(10-15(18(14)28)21(4,5)6)19(29)27-16-11-13(22(23,24)25)7-8-17(16)32(26,30)31/h7-11,28H,1-6H3,(H,27,29)(H2,26,30,31). The average Bonchev–Trinajstić information content (AvgIpc) is 2.57. The van der Waals surface area contributed by atoms with Crippen molar-refractivity contribution >= 4 is 21.6 Å². The van der Waals surface area contributed by atoms with Crippen molar-refractivity contribution in [3.05, 3.63) is 52.6 Å². The van der Waals surface area contributed by atoms with E-state index in [4.69, 9.17) is 5.14 Å². The molecule has 6 nitrogen and oxygen atoms in total. The highest BCUT2D eigenvalue weighted by Crippen LogP contribution is 2.40. The minimum Gasteiger partial charge on any atom is -0.507 e. The third-order valence-electron chi connectivity index (χ3n) is 4.85. The molecule has 0 heterocycles. The number of alkyl halides is 3. The first kappa shape index (κ1) is 25.7. The van der Waals surface area contributed by atoms with Crippen molar-refractivity contribution in [2.45, 2.75) is 63.4 Å². The summed E-state index contributed by atoms with van der Waals surface area (Å²) in [6.07, 6.45) is -4.76. The number of carbonyl (C=O) groups excluding carboxylic acids is 1. The Bertz CT molecular complexity index is 1120. The molecule has 0 fully saturated rings. The molecule has 0 atom stereocenters. The normalized spacial score (nSPS) is 13.2. The van der Waals surface area contributed by atoms with E-state index in [1.165, 1.54) is 12.1 Å². The van der Waals surface area contributed by atoms with Gasteiger partial charge < -0.3 is 10.4 Å². The van der Waals surface area contributed by atoms with Gasteiger partial charge in [-0.05, 0) is 41.2 Å². The zero-order valence-corrected chi connectivity index (χ0v) is 19.5. The Kier molecular flexibility index (Phi) is 6.48. The summed E-state index contributed by atoms with van der Waals surface area (Å²) in [7, 11) is -4.42. The number of aromatic hydroxyl groups is 1. The summed E-state index contributed by atoms with van der Waals surface area (Å²) in [5.74, 6) is -0.823. The van der Waals surface area contributed by atoms with Gasteiger partial charge in [-0.1, -0.05) is 41.5 Å². The maximum absolute atomic E-state index is 13.1. The van der Waals surface area contributed by atoms with E-state index in [2.05, 4.69) is 5.32 Å². The summed E-state index contributed by atoms with van der Waals surface area (Å²) >= 11 is 0. The smallest absolute Gasteiger partial charge is 0.416 e. The highest BCUT2D eigenvalue weighted by molar-refractivity contribution is 7.89. The van der Waals surface area contributed by atoms with Crippen LogP contribution in [-0.2, 0) is 27.0 Å². The van der Waals surface area contributed by atoms with Gasteiger partial charge in [-0.25, -0.2) is 13.6 Å². The van der Waals surface area contributed by atoms with Crippen LogP contribution in [0, 0.1) is 0 Å². The molecule has 10 heteroatoms. The summed E-state index contributed by atoms with van der Waals surface area (Å²) in [5.41, 5.74) is -1.86. The van der Waals surface area contributed by atoms with E-state index in [0.29, 0.717) is 29.3 Å². The molecule has 0 saturated heterocycles. The minimum atomic E-state index is -4.76. The maximum Gasteiger partial charge on any atom is 0.416 e. The Morgan fingerprint density at radius 3 is 1.78 bits per heavy atom. The number of rotatable bonds is 3. The fourth-order valence-electron chi connectivity index (χ4n) is 3.16. The first-order valence-corrected chi connectivity index (χ1v) is 11.2. The van der Waals surface area contributed by atoms with Crippen LogP contribution in [0.4, 0.5) is 18.9 Å². The van der Waals surface area contributed by atoms with Gasteiger partial charge in [0, 0.05) is 16.7 Å². The number of halogens is 3. The number of primary sulfonamides is 1. The van der Waals surface area contributed by atoms with Crippen LogP contribution in [0.2, 0.25) is 0 Å². The van der Waals surface area contributed by atoms with Crippen molar-refractivity contribution in [1.82, 2.24) is 0 Å². The molecule has 1 amide bonds. The Hall–Kier alpha value is -2.59. The van der Waals surface area contributed by atoms with E-state index in [1.54, 1.807) is 0 Å². The Morgan fingerprint density at radius 1 is 0.938 bits per heavy atom. The second kappa shape index (κ2) is 8.08. The summed E-state index contributed by atoms with van der Waals surface area (Å²) in [5, 5.41) is 18.1. The predicted octanol–water partition coefficient (Wildman–Crippen LogP) is 4.91. The lowest BCUT2D eigenvalue weighted by atomic mass is 9.78. The predicted molar refractivity (Wildman–Crippen MR) is 116 cm³/mol. The molecular weight excluding hydrogens is 445 g/mol. The first-order chi connectivity index (χ1) is 14.2. The Labute approximate surface area is 185 Å². The SMILES string of the molecule is CC(C)(C)c1cc(C(=O)Nc2cc(C(F)(F)F)ccc2S(N)(=O)=O)cc(C(C)(C)C)c1O. The van der Waals surface area contributed by atoms with Crippen molar-refractivity contribution in [1.29, 1.82) is 0 Å². The number of anilines is 1. The molecule has 0 spiro atoms. The van der Waals surface area contributed by atoms with E-state index in [1.807, 2.05) is 41.5 Å². The fourth-order valence-corrected chi connectivity index (χ4v) is 3.83. The maximum atomic E-state index is 13.1. The number of nitrogens with one attached hydrogen (secondary N) is 1. The molecule has 0 aliphatic heterocycles. The van der Waals surface area contributed by atoms with Gasteiger partial charge >= 0.3 is 6.18 Å². The van der Waals surface area contributed by atoms with Gasteiger partial charge in [0.1, 0.15) is 10.6 Å². The molecule has 0 aliphatic carbocycles. The van der Waals surface area contributed by atoms with E-state index in [9.17, 15) is 31.5 Å². The van der Waals surface area contributed by atoms with E-state index >= 15 is 0 Å². The minimum absolute atomic E-state index is 0.0193. The molecule has 0 saturated carbocycles. The number of sulfonamides is 1. The van der Waals surface area contributed by atoms with Crippen LogP contribution < -0.4 is 10.5 Å². The highest BCUT2D eigenvalue weighted by Gasteiger charge is 2.33. The van der Waals surface area contributed by atoms with Gasteiger partial charge in [0.05, 0.1) is 11.3 Å². The van der Waals surface area contributed by atoms with Crippen LogP contribution in [0.15, 0.2) is 35.2 Å². The fraction of sp³-hybridized carbons (Fsp3) is 0.409. The zero-order chi connectivity index (χ0) is 24.9. The van der Waals surface area contributed by atoms with Gasteiger partial charge in [0.15, 0.2) is 0 Å². The molecule has 4 N–H and O–H groups in total. The highest BCUT2D eigenvalue weighted by atomic mass is 32.2. The van der Waals surface area contributed by atoms with Gasteiger partial charge in [0.2, 0.25) is 10.0 Å². The number of nitrogens with two attached hydrogens (primary N) is 1. The molecule has 0 radical (unpaired) electrons. The molecule has 2 rings (SSSR count). The molecule has 176 valence electrons. The molecule has 32 heavy (non-hydrogen) atoms. The summed E-state index contributed by atoms with van der Waals surface area (Å²) in [4.78, 5) is 12.4. The number of hydrogen-bond acceptors (Lipinski definition) is 4. The summed E-state index contributed by atoms with van der Waals surface area (Å²) in [6, 6.07) is 4.67. The van der Waals surface area contributed by atoms with Gasteiger partial charge in [-0.15, -0.1) is 0 Å². The van der Waals surface area contributed by atoms with E-state index < -0.39 is 49.1 Å². The number of phenols is 1. The summed E-state index contributed by atoms with van der Waals surface area (Å²) in [6.45, 7) is 11.0. The number of hydrogen-bond donors (Lipinski definition) is 3. The molecule has 2 aromatic rings. The van der Waals surface area contributed by atoms with Crippen LogP contribution in [0.1, 0.15) is 68.6 Å². The average molecular weight is 473 g/mol. The first-order valence-electron chi connectivity index (χ1n) is 9.66. The second-order valence-corrected chi connectivity index (χ2v) is 11.2. The second-order valence-electron chi connectivity index (χ2n) is 9.63. The number of amides is 1. The lowest BCUT2D eigenvalue weighted by molar-refractivity contribution is -0.137. The number of carbonyl (C=O) groups is 1. The third kappa shape index (κ3) is 5.60. The van der Waals surface area contributed by atoms with Gasteiger partial charge in [-0.2, -0.15) is 13.2 Å². The molecule has 0 bridgehead atoms. The van der Waals surface area contributed by atoms with Crippen molar-refractivity contribution in [3.8, 4) is 5.75 Å². The zero-order valence-electron chi connectivity index (χ0n) is 18.7. The topological polar surface area (TPSA) is 109 Å². The Morgan fingerprint density at radius 2 is 1.41 bits per heavy atom. The van der Waals surface area contributed by atoms with Crippen LogP contribution in [0.5, 0.6) is 5.75 Å². The quantitative estimate of drug-likeness (QED) is 0.590. The van der Waals surface area contributed by atoms with Crippen molar-refractivity contribution in [3.63, 3.8) is 0 Å². The number of phenolic OH excluding ortho intramolecular Hbond substituents is 1.